The SMILES string of the molecule is C=Cc1c(C=CC)ccc2c1-c1c(ccc3ccccc13)N(C(=C1CCCCC1)C(CN1Cc3ccccc3C1)C1CCCCC1)C2. The standard InChI is InChI=1S/C45H50N2/c1-3-15-32-24-25-38-30-47(42-27-26-34-18-13-14-23-40(34)44(42)43(38)39(32)4-2)45(35-19-9-6-10-20-35)41(33-16-7-5-8-17-33)31-46-28-36-21-11-12-22-37(36)29-46/h3-4,11-15,18,21-27,33,41H,2,5-10,16-17,19-20,28-31H2,1H3. The minimum absolute atomic E-state index is 0.541. The molecule has 0 spiro atoms. The molecule has 1 atom stereocenters. The summed E-state index contributed by atoms with van der Waals surface area (Å²) in [5.41, 5.74) is 14.6. The van der Waals surface area contributed by atoms with E-state index in [2.05, 4.69) is 114 Å². The summed E-state index contributed by atoms with van der Waals surface area (Å²) in [6.07, 6.45) is 19.9. The summed E-state index contributed by atoms with van der Waals surface area (Å²) < 4.78 is 0. The highest BCUT2D eigenvalue weighted by atomic mass is 15.2. The fourth-order valence-electron chi connectivity index (χ4n) is 9.56. The van der Waals surface area contributed by atoms with Crippen LogP contribution in [0.5, 0.6) is 0 Å². The molecular formula is C45H50N2. The number of anilines is 1. The zero-order valence-electron chi connectivity index (χ0n) is 28.3. The first-order valence-corrected chi connectivity index (χ1v) is 18.4. The molecule has 0 radical (unpaired) electrons. The first-order valence-electron chi connectivity index (χ1n) is 18.4. The van der Waals surface area contributed by atoms with Crippen molar-refractivity contribution >= 4 is 28.6 Å². The van der Waals surface area contributed by atoms with Gasteiger partial charge >= 0.3 is 0 Å². The highest BCUT2D eigenvalue weighted by Gasteiger charge is 2.38. The van der Waals surface area contributed by atoms with Gasteiger partial charge in [0.05, 0.1) is 0 Å². The summed E-state index contributed by atoms with van der Waals surface area (Å²) in [4.78, 5) is 5.63. The van der Waals surface area contributed by atoms with Gasteiger partial charge in [0, 0.05) is 49.0 Å². The van der Waals surface area contributed by atoms with E-state index in [9.17, 15) is 0 Å². The first-order chi connectivity index (χ1) is 23.2. The molecule has 2 heterocycles. The van der Waals surface area contributed by atoms with Gasteiger partial charge in [-0.3, -0.25) is 4.90 Å². The summed E-state index contributed by atoms with van der Waals surface area (Å²) >= 11 is 0. The molecule has 4 aliphatic rings. The van der Waals surface area contributed by atoms with Gasteiger partial charge in [-0.25, -0.2) is 0 Å². The minimum atomic E-state index is 0.541. The highest BCUT2D eigenvalue weighted by molar-refractivity contribution is 6.07. The van der Waals surface area contributed by atoms with Gasteiger partial charge in [0.2, 0.25) is 0 Å². The first kappa shape index (κ1) is 30.5. The zero-order valence-corrected chi connectivity index (χ0v) is 28.3. The van der Waals surface area contributed by atoms with Crippen LogP contribution in [-0.4, -0.2) is 11.4 Å². The van der Waals surface area contributed by atoms with Gasteiger partial charge in [-0.15, -0.1) is 0 Å². The van der Waals surface area contributed by atoms with Crippen molar-refractivity contribution in [2.45, 2.75) is 90.8 Å². The van der Waals surface area contributed by atoms with E-state index in [1.165, 1.54) is 120 Å². The van der Waals surface area contributed by atoms with Crippen LogP contribution in [0, 0.1) is 11.8 Å². The summed E-state index contributed by atoms with van der Waals surface area (Å²) in [5, 5.41) is 2.67. The van der Waals surface area contributed by atoms with E-state index in [4.69, 9.17) is 0 Å². The van der Waals surface area contributed by atoms with Gasteiger partial charge in [-0.1, -0.05) is 123 Å². The maximum atomic E-state index is 4.36. The Labute approximate surface area is 282 Å². The molecule has 1 unspecified atom stereocenters. The van der Waals surface area contributed by atoms with Gasteiger partial charge in [0.1, 0.15) is 0 Å². The molecule has 2 saturated carbocycles. The van der Waals surface area contributed by atoms with Gasteiger partial charge in [-0.2, -0.15) is 0 Å². The van der Waals surface area contributed by atoms with E-state index in [0.29, 0.717) is 5.92 Å². The molecule has 0 aromatic heterocycles. The number of rotatable bonds is 7. The Morgan fingerprint density at radius 1 is 0.766 bits per heavy atom. The topological polar surface area (TPSA) is 6.48 Å². The molecule has 0 amide bonds. The van der Waals surface area contributed by atoms with Gasteiger partial charge < -0.3 is 4.90 Å². The molecule has 240 valence electrons. The normalized spacial score (nSPS) is 19.1. The number of fused-ring (bicyclic) bond motifs is 6. The monoisotopic (exact) mass is 618 g/mol. The van der Waals surface area contributed by atoms with E-state index in [1.807, 2.05) is 0 Å². The van der Waals surface area contributed by atoms with Crippen LogP contribution >= 0.6 is 0 Å². The van der Waals surface area contributed by atoms with Gasteiger partial charge in [-0.05, 0) is 102 Å². The van der Waals surface area contributed by atoms with Crippen LogP contribution in [0.15, 0.2) is 96.7 Å². The molecule has 2 nitrogen and oxygen atoms in total. The molecule has 4 aromatic carbocycles. The molecule has 8 rings (SSSR count). The smallest absolute Gasteiger partial charge is 0.0498 e. The lowest BCUT2D eigenvalue weighted by molar-refractivity contribution is 0.180. The van der Waals surface area contributed by atoms with E-state index in [-0.39, 0.29) is 0 Å². The Morgan fingerprint density at radius 2 is 1.49 bits per heavy atom. The zero-order chi connectivity index (χ0) is 31.7. The van der Waals surface area contributed by atoms with Crippen molar-refractivity contribution in [2.24, 2.45) is 11.8 Å². The number of nitrogens with zero attached hydrogens (tertiary/aromatic N) is 2. The molecular weight excluding hydrogens is 569 g/mol. The molecule has 4 aromatic rings. The Bertz CT molecular complexity index is 1820. The van der Waals surface area contributed by atoms with Crippen LogP contribution in [0.3, 0.4) is 0 Å². The van der Waals surface area contributed by atoms with Crippen LogP contribution in [-0.2, 0) is 19.6 Å². The van der Waals surface area contributed by atoms with E-state index in [0.717, 1.165) is 32.1 Å². The van der Waals surface area contributed by atoms with Crippen LogP contribution in [0.25, 0.3) is 34.1 Å². The number of allylic oxidation sites excluding steroid dienone is 2. The largest absolute Gasteiger partial charge is 0.340 e. The van der Waals surface area contributed by atoms with Crippen molar-refractivity contribution < 1.29 is 0 Å². The van der Waals surface area contributed by atoms with Crippen LogP contribution in [0.1, 0.15) is 98.9 Å². The van der Waals surface area contributed by atoms with Crippen molar-refractivity contribution in [1.82, 2.24) is 4.90 Å². The van der Waals surface area contributed by atoms with Crippen molar-refractivity contribution in [3.63, 3.8) is 0 Å². The minimum Gasteiger partial charge on any atom is -0.340 e. The molecule has 47 heavy (non-hydrogen) atoms. The maximum absolute atomic E-state index is 4.36. The van der Waals surface area contributed by atoms with E-state index < -0.39 is 0 Å². The average molecular weight is 619 g/mol. The predicted molar refractivity (Wildman–Crippen MR) is 201 cm³/mol. The predicted octanol–water partition coefficient (Wildman–Crippen LogP) is 11.9. The lowest BCUT2D eigenvalue weighted by Gasteiger charge is -2.44. The van der Waals surface area contributed by atoms with Crippen LogP contribution in [0.4, 0.5) is 5.69 Å². The Balaban J connectivity index is 1.32. The number of benzene rings is 4. The molecule has 0 N–H and O–H groups in total. The highest BCUT2D eigenvalue weighted by Crippen LogP contribution is 2.51. The Kier molecular flexibility index (Phi) is 8.63. The number of hydrogen-bond donors (Lipinski definition) is 0. The second-order valence-electron chi connectivity index (χ2n) is 14.6. The molecule has 2 aliphatic carbocycles. The molecule has 2 aliphatic heterocycles. The fourth-order valence-corrected chi connectivity index (χ4v) is 9.56. The van der Waals surface area contributed by atoms with Crippen LogP contribution < -0.4 is 4.90 Å². The third-order valence-electron chi connectivity index (χ3n) is 11.7. The van der Waals surface area contributed by atoms with Gasteiger partial charge in [0.15, 0.2) is 0 Å². The number of hydrogen-bond acceptors (Lipinski definition) is 2. The van der Waals surface area contributed by atoms with Crippen molar-refractivity contribution in [1.29, 1.82) is 0 Å². The van der Waals surface area contributed by atoms with Crippen LogP contribution in [0.2, 0.25) is 0 Å². The van der Waals surface area contributed by atoms with Crippen molar-refractivity contribution in [2.75, 3.05) is 11.4 Å². The summed E-state index contributed by atoms with van der Waals surface area (Å²) in [6.45, 7) is 10.7. The lowest BCUT2D eigenvalue weighted by atomic mass is 9.74. The molecule has 0 saturated heterocycles. The molecule has 2 heteroatoms. The third kappa shape index (κ3) is 5.69. The summed E-state index contributed by atoms with van der Waals surface area (Å²) in [5.74, 6) is 1.28. The van der Waals surface area contributed by atoms with Gasteiger partial charge in [0.25, 0.3) is 0 Å². The Morgan fingerprint density at radius 3 is 2.23 bits per heavy atom. The van der Waals surface area contributed by atoms with E-state index >= 15 is 0 Å². The Hall–Kier alpha value is -3.88. The molecule has 2 fully saturated rings. The quantitative estimate of drug-likeness (QED) is 0.203. The summed E-state index contributed by atoms with van der Waals surface area (Å²) in [6, 6.07) is 27.8. The second kappa shape index (κ2) is 13.3. The van der Waals surface area contributed by atoms with Crippen molar-refractivity contribution in [3.8, 4) is 11.1 Å². The average Bonchev–Trinajstić information content (AvgIpc) is 3.54. The lowest BCUT2D eigenvalue weighted by Crippen LogP contribution is -2.40. The third-order valence-corrected chi connectivity index (χ3v) is 11.7. The van der Waals surface area contributed by atoms with Crippen molar-refractivity contribution in [3.05, 3.63) is 125 Å². The van der Waals surface area contributed by atoms with E-state index in [1.54, 1.807) is 11.3 Å². The summed E-state index contributed by atoms with van der Waals surface area (Å²) in [7, 11) is 0. The second-order valence-corrected chi connectivity index (χ2v) is 14.6. The maximum Gasteiger partial charge on any atom is 0.0498 e. The molecule has 0 bridgehead atoms. The fraction of sp³-hybridized carbons (Fsp3) is 0.378.